The lowest BCUT2D eigenvalue weighted by Crippen LogP contribution is -2.42. The number of nitrogens with zero attached hydrogens (tertiary/aromatic N) is 2. The maximum absolute atomic E-state index is 12.8. The molecule has 0 saturated carbocycles. The Bertz CT molecular complexity index is 1470. The molecule has 0 aliphatic carbocycles. The number of ether oxygens (including phenoxy) is 1. The second-order valence-electron chi connectivity index (χ2n) is 11.8. The number of aliphatic carboxylic acids is 1. The minimum absolute atomic E-state index is 0.0336. The molecule has 0 spiro atoms. The van der Waals surface area contributed by atoms with Gasteiger partial charge in [-0.1, -0.05) is 89.8 Å². The van der Waals surface area contributed by atoms with Crippen LogP contribution < -0.4 is 10.1 Å². The third kappa shape index (κ3) is 9.22. The van der Waals surface area contributed by atoms with E-state index in [0.717, 1.165) is 46.0 Å². The second kappa shape index (κ2) is 14.9. The van der Waals surface area contributed by atoms with E-state index in [9.17, 15) is 14.7 Å². The number of rotatable bonds is 14. The first kappa shape index (κ1) is 31.9. The molecule has 2 N–H and O–H groups in total. The van der Waals surface area contributed by atoms with Crippen molar-refractivity contribution >= 4 is 23.4 Å². The fourth-order valence-corrected chi connectivity index (χ4v) is 5.32. The SMILES string of the molecule is CCCCCCCOc1ccc(-c2nc(-c3ccc(C[C@H](NC(=O)c4ccc(C(C)(C)C)cc4)C(=O)O)cc3)ns2)cc1. The summed E-state index contributed by atoms with van der Waals surface area (Å²) >= 11 is 1.33. The van der Waals surface area contributed by atoms with E-state index in [0.29, 0.717) is 11.4 Å². The number of carboxylic acid groups (broad SMARTS) is 1. The smallest absolute Gasteiger partial charge is 0.326 e. The average molecular weight is 600 g/mol. The quantitative estimate of drug-likeness (QED) is 0.143. The fourth-order valence-electron chi connectivity index (χ4n) is 4.64. The summed E-state index contributed by atoms with van der Waals surface area (Å²) in [5.74, 6) is -0.0294. The number of benzene rings is 3. The predicted octanol–water partition coefficient (Wildman–Crippen LogP) is 7.94. The number of aromatic nitrogens is 2. The third-order valence-corrected chi connectivity index (χ3v) is 8.08. The maximum Gasteiger partial charge on any atom is 0.326 e. The molecular formula is C35H41N3O4S. The highest BCUT2D eigenvalue weighted by atomic mass is 32.1. The van der Waals surface area contributed by atoms with Crippen LogP contribution in [0.3, 0.4) is 0 Å². The van der Waals surface area contributed by atoms with Crippen molar-refractivity contribution in [3.05, 3.63) is 89.5 Å². The number of carbonyl (C=O) groups excluding carboxylic acids is 1. The summed E-state index contributed by atoms with van der Waals surface area (Å²) in [6.45, 7) is 9.24. The van der Waals surface area contributed by atoms with Crippen LogP contribution in [0.4, 0.5) is 0 Å². The van der Waals surface area contributed by atoms with E-state index < -0.39 is 17.9 Å². The summed E-state index contributed by atoms with van der Waals surface area (Å²) < 4.78 is 10.4. The third-order valence-electron chi connectivity index (χ3n) is 7.31. The predicted molar refractivity (Wildman–Crippen MR) is 173 cm³/mol. The number of carboxylic acids is 1. The average Bonchev–Trinajstić information content (AvgIpc) is 3.49. The molecule has 7 nitrogen and oxygen atoms in total. The Morgan fingerprint density at radius 2 is 1.53 bits per heavy atom. The Balaban J connectivity index is 1.33. The van der Waals surface area contributed by atoms with Crippen molar-refractivity contribution in [2.75, 3.05) is 6.61 Å². The lowest BCUT2D eigenvalue weighted by atomic mass is 9.86. The van der Waals surface area contributed by atoms with Crippen LogP contribution in [0, 0.1) is 0 Å². The normalized spacial score (nSPS) is 12.1. The summed E-state index contributed by atoms with van der Waals surface area (Å²) in [7, 11) is 0. The zero-order valence-electron chi connectivity index (χ0n) is 25.4. The Morgan fingerprint density at radius 1 is 0.884 bits per heavy atom. The molecule has 1 heterocycles. The van der Waals surface area contributed by atoms with Gasteiger partial charge in [0.25, 0.3) is 5.91 Å². The monoisotopic (exact) mass is 599 g/mol. The van der Waals surface area contributed by atoms with Crippen LogP contribution >= 0.6 is 11.5 Å². The number of hydrogen-bond acceptors (Lipinski definition) is 6. The van der Waals surface area contributed by atoms with Crippen molar-refractivity contribution < 1.29 is 19.4 Å². The molecule has 0 radical (unpaired) electrons. The van der Waals surface area contributed by atoms with Gasteiger partial charge in [-0.25, -0.2) is 9.78 Å². The minimum atomic E-state index is -1.09. The van der Waals surface area contributed by atoms with E-state index in [-0.39, 0.29) is 11.8 Å². The van der Waals surface area contributed by atoms with Crippen LogP contribution in [0.2, 0.25) is 0 Å². The topological polar surface area (TPSA) is 101 Å². The molecule has 8 heteroatoms. The molecule has 0 saturated heterocycles. The molecule has 226 valence electrons. The first-order chi connectivity index (χ1) is 20.6. The van der Waals surface area contributed by atoms with Crippen molar-refractivity contribution in [1.29, 1.82) is 0 Å². The highest BCUT2D eigenvalue weighted by Crippen LogP contribution is 2.28. The number of hydrogen-bond donors (Lipinski definition) is 2. The molecular weight excluding hydrogens is 558 g/mol. The molecule has 1 aromatic heterocycles. The standard InChI is InChI=1S/C35H41N3O4S/c1-5-6-7-8-9-22-42-29-20-16-27(17-21-29)33-37-31(38-43-33)25-12-10-24(11-13-25)23-30(34(40)41)36-32(39)26-14-18-28(19-15-26)35(2,3)4/h10-21,30H,5-9,22-23H2,1-4H3,(H,36,39)(H,40,41)/t30-/m0/s1. The van der Waals surface area contributed by atoms with Gasteiger partial charge in [0, 0.05) is 23.1 Å². The van der Waals surface area contributed by atoms with Gasteiger partial charge in [-0.2, -0.15) is 4.37 Å². The van der Waals surface area contributed by atoms with Gasteiger partial charge in [0.1, 0.15) is 16.8 Å². The van der Waals surface area contributed by atoms with Gasteiger partial charge in [-0.15, -0.1) is 0 Å². The number of carbonyl (C=O) groups is 2. The Kier molecular flexibility index (Phi) is 11.1. The lowest BCUT2D eigenvalue weighted by molar-refractivity contribution is -0.139. The van der Waals surface area contributed by atoms with Crippen molar-refractivity contribution in [2.24, 2.45) is 0 Å². The highest BCUT2D eigenvalue weighted by molar-refractivity contribution is 7.09. The minimum Gasteiger partial charge on any atom is -0.494 e. The van der Waals surface area contributed by atoms with Gasteiger partial charge in [0.15, 0.2) is 5.82 Å². The lowest BCUT2D eigenvalue weighted by Gasteiger charge is -2.19. The van der Waals surface area contributed by atoms with Crippen LogP contribution in [0.1, 0.15) is 81.3 Å². The molecule has 1 atom stereocenters. The molecule has 0 bridgehead atoms. The Morgan fingerprint density at radius 3 is 2.16 bits per heavy atom. The van der Waals surface area contributed by atoms with Gasteiger partial charge in [0.05, 0.1) is 6.61 Å². The van der Waals surface area contributed by atoms with E-state index in [1.54, 1.807) is 12.1 Å². The first-order valence-electron chi connectivity index (χ1n) is 14.9. The molecule has 3 aromatic carbocycles. The van der Waals surface area contributed by atoms with E-state index in [1.165, 1.54) is 37.2 Å². The summed E-state index contributed by atoms with van der Waals surface area (Å²) in [5.41, 5.74) is 4.10. The van der Waals surface area contributed by atoms with Crippen molar-refractivity contribution in [1.82, 2.24) is 14.7 Å². The summed E-state index contributed by atoms with van der Waals surface area (Å²) in [5, 5.41) is 13.3. The zero-order chi connectivity index (χ0) is 30.8. The van der Waals surface area contributed by atoms with Crippen molar-refractivity contribution in [2.45, 2.75) is 77.7 Å². The van der Waals surface area contributed by atoms with E-state index in [4.69, 9.17) is 9.72 Å². The Hall–Kier alpha value is -4.04. The summed E-state index contributed by atoms with van der Waals surface area (Å²) in [6.07, 6.45) is 6.20. The molecule has 0 fully saturated rings. The molecule has 4 rings (SSSR count). The van der Waals surface area contributed by atoms with E-state index in [2.05, 4.69) is 37.4 Å². The highest BCUT2D eigenvalue weighted by Gasteiger charge is 2.22. The fraction of sp³-hybridized carbons (Fsp3) is 0.371. The van der Waals surface area contributed by atoms with Gasteiger partial charge in [0.2, 0.25) is 0 Å². The summed E-state index contributed by atoms with van der Waals surface area (Å²) in [4.78, 5) is 29.5. The molecule has 4 aromatic rings. The van der Waals surface area contributed by atoms with Gasteiger partial charge < -0.3 is 15.2 Å². The molecule has 43 heavy (non-hydrogen) atoms. The van der Waals surface area contributed by atoms with Crippen LogP contribution in [0.25, 0.3) is 22.0 Å². The van der Waals surface area contributed by atoms with Crippen molar-refractivity contribution in [3.8, 4) is 27.7 Å². The first-order valence-corrected chi connectivity index (χ1v) is 15.7. The van der Waals surface area contributed by atoms with Gasteiger partial charge in [-0.05, 0) is 70.9 Å². The maximum atomic E-state index is 12.8. The second-order valence-corrected chi connectivity index (χ2v) is 12.6. The van der Waals surface area contributed by atoms with Crippen LogP contribution in [-0.4, -0.2) is 39.0 Å². The number of amides is 1. The molecule has 0 aliphatic heterocycles. The largest absolute Gasteiger partial charge is 0.494 e. The van der Waals surface area contributed by atoms with E-state index >= 15 is 0 Å². The zero-order valence-corrected chi connectivity index (χ0v) is 26.2. The van der Waals surface area contributed by atoms with Crippen LogP contribution in [0.5, 0.6) is 5.75 Å². The van der Waals surface area contributed by atoms with Gasteiger partial charge >= 0.3 is 5.97 Å². The number of nitrogens with one attached hydrogen (secondary N) is 1. The van der Waals surface area contributed by atoms with Gasteiger partial charge in [-0.3, -0.25) is 4.79 Å². The van der Waals surface area contributed by atoms with E-state index in [1.807, 2.05) is 60.7 Å². The Labute approximate surface area is 258 Å². The summed E-state index contributed by atoms with van der Waals surface area (Å²) in [6, 6.07) is 21.6. The molecule has 0 aliphatic rings. The van der Waals surface area contributed by atoms with Crippen LogP contribution in [0.15, 0.2) is 72.8 Å². The van der Waals surface area contributed by atoms with Crippen LogP contribution in [-0.2, 0) is 16.6 Å². The van der Waals surface area contributed by atoms with Crippen molar-refractivity contribution in [3.63, 3.8) is 0 Å². The number of unbranched alkanes of at least 4 members (excludes halogenated alkanes) is 4. The molecule has 0 unspecified atom stereocenters. The molecule has 1 amide bonds.